The zero-order valence-electron chi connectivity index (χ0n) is 20.3. The fourth-order valence-corrected chi connectivity index (χ4v) is 5.42. The highest BCUT2D eigenvalue weighted by atomic mass is 16.2. The van der Waals surface area contributed by atoms with Crippen molar-refractivity contribution in [1.82, 2.24) is 14.9 Å². The molecule has 5 heteroatoms. The van der Waals surface area contributed by atoms with E-state index in [1.165, 1.54) is 24.8 Å². The molecule has 0 spiro atoms. The summed E-state index contributed by atoms with van der Waals surface area (Å²) in [5.41, 5.74) is 8.17. The predicted molar refractivity (Wildman–Crippen MR) is 134 cm³/mol. The van der Waals surface area contributed by atoms with Crippen LogP contribution in [0.5, 0.6) is 0 Å². The molecule has 1 aliphatic carbocycles. The number of nitrogens with one attached hydrogen (secondary N) is 1. The Kier molecular flexibility index (Phi) is 6.00. The van der Waals surface area contributed by atoms with Crippen LogP contribution in [0, 0.1) is 32.1 Å². The minimum absolute atomic E-state index is 0.103. The number of carbonyl (C=O) groups is 1. The van der Waals surface area contributed by atoms with Crippen LogP contribution in [-0.2, 0) is 0 Å². The second-order valence-electron chi connectivity index (χ2n) is 9.94. The number of hydrogen-bond acceptors (Lipinski definition) is 3. The molecular formula is C29H32N4O. The number of aryl methyl sites for hydroxylation is 3. The first kappa shape index (κ1) is 22.4. The summed E-state index contributed by atoms with van der Waals surface area (Å²) in [6.45, 7) is 7.55. The third-order valence-corrected chi connectivity index (χ3v) is 7.86. The number of H-pyrrole nitrogens is 1. The van der Waals surface area contributed by atoms with Crippen molar-refractivity contribution in [2.75, 3.05) is 13.1 Å². The van der Waals surface area contributed by atoms with Crippen LogP contribution in [0.4, 0.5) is 0 Å². The first-order chi connectivity index (χ1) is 16.5. The normalized spacial score (nSPS) is 16.8. The van der Waals surface area contributed by atoms with Gasteiger partial charge in [-0.25, -0.2) is 4.98 Å². The summed E-state index contributed by atoms with van der Waals surface area (Å²) >= 11 is 0. The highest BCUT2D eigenvalue weighted by Gasteiger charge is 2.29. The standard InChI is InChI=1S/C29H32N4O/c1-18-15-26(21-8-6-9-21)27(28-31-19(2)20(3)32-28)16-25(18)29(34)33-13-11-22(12-14-33)24-10-5-4-7-23(24)17-30/h4-5,7,10,15-16,21-22H,6,8-9,11-14H2,1-3H3,(H,31,32). The number of hydrogen-bond donors (Lipinski definition) is 1. The van der Waals surface area contributed by atoms with Crippen LogP contribution in [-0.4, -0.2) is 33.9 Å². The van der Waals surface area contributed by atoms with E-state index in [0.29, 0.717) is 24.9 Å². The van der Waals surface area contributed by atoms with Crippen LogP contribution >= 0.6 is 0 Å². The maximum Gasteiger partial charge on any atom is 0.254 e. The van der Waals surface area contributed by atoms with Gasteiger partial charge in [-0.2, -0.15) is 5.26 Å². The van der Waals surface area contributed by atoms with Crippen molar-refractivity contribution >= 4 is 5.91 Å². The summed E-state index contributed by atoms with van der Waals surface area (Å²) in [6, 6.07) is 14.5. The number of carbonyl (C=O) groups excluding carboxylic acids is 1. The van der Waals surface area contributed by atoms with Crippen molar-refractivity contribution in [2.45, 2.75) is 64.7 Å². The SMILES string of the molecule is Cc1cc(C2CCC2)c(-c2nc(C)c(C)[nH]2)cc1C(=O)N1CCC(c2ccccc2C#N)CC1. The van der Waals surface area contributed by atoms with Gasteiger partial charge in [0.25, 0.3) is 5.91 Å². The second-order valence-corrected chi connectivity index (χ2v) is 9.94. The van der Waals surface area contributed by atoms with E-state index in [-0.39, 0.29) is 5.91 Å². The number of imidazole rings is 1. The lowest BCUT2D eigenvalue weighted by Crippen LogP contribution is -2.38. The summed E-state index contributed by atoms with van der Waals surface area (Å²) in [4.78, 5) is 23.9. The predicted octanol–water partition coefficient (Wildman–Crippen LogP) is 6.16. The summed E-state index contributed by atoms with van der Waals surface area (Å²) < 4.78 is 0. The largest absolute Gasteiger partial charge is 0.342 e. The molecule has 1 N–H and O–H groups in total. The Hall–Kier alpha value is -3.39. The van der Waals surface area contributed by atoms with E-state index < -0.39 is 0 Å². The van der Waals surface area contributed by atoms with E-state index in [2.05, 4.69) is 36.2 Å². The van der Waals surface area contributed by atoms with Gasteiger partial charge < -0.3 is 9.88 Å². The molecule has 1 aliphatic heterocycles. The van der Waals surface area contributed by atoms with Gasteiger partial charge in [0.2, 0.25) is 0 Å². The van der Waals surface area contributed by atoms with Crippen molar-refractivity contribution in [3.8, 4) is 17.5 Å². The van der Waals surface area contributed by atoms with Gasteiger partial charge in [0.15, 0.2) is 0 Å². The van der Waals surface area contributed by atoms with E-state index in [1.807, 2.05) is 36.9 Å². The Bertz CT molecular complexity index is 1250. The molecule has 0 unspecified atom stereocenters. The molecule has 5 nitrogen and oxygen atoms in total. The molecule has 34 heavy (non-hydrogen) atoms. The van der Waals surface area contributed by atoms with Crippen LogP contribution < -0.4 is 0 Å². The van der Waals surface area contributed by atoms with Crippen molar-refractivity contribution < 1.29 is 4.79 Å². The number of rotatable bonds is 4. The maximum absolute atomic E-state index is 13.7. The summed E-state index contributed by atoms with van der Waals surface area (Å²) in [5, 5.41) is 9.47. The molecule has 2 fully saturated rings. The maximum atomic E-state index is 13.7. The Morgan fingerprint density at radius 3 is 2.35 bits per heavy atom. The molecule has 2 aliphatic rings. The molecule has 0 atom stereocenters. The number of amides is 1. The zero-order valence-corrected chi connectivity index (χ0v) is 20.3. The van der Waals surface area contributed by atoms with Gasteiger partial charge >= 0.3 is 0 Å². The third kappa shape index (κ3) is 4.03. The lowest BCUT2D eigenvalue weighted by Gasteiger charge is -2.33. The van der Waals surface area contributed by atoms with Crippen LogP contribution in [0.15, 0.2) is 36.4 Å². The molecular weight excluding hydrogens is 420 g/mol. The Morgan fingerprint density at radius 1 is 1.03 bits per heavy atom. The fraction of sp³-hybridized carbons (Fsp3) is 0.414. The average molecular weight is 453 g/mol. The van der Waals surface area contributed by atoms with E-state index in [0.717, 1.165) is 57.9 Å². The van der Waals surface area contributed by atoms with Crippen molar-refractivity contribution in [2.24, 2.45) is 0 Å². The highest BCUT2D eigenvalue weighted by Crippen LogP contribution is 2.42. The van der Waals surface area contributed by atoms with Crippen molar-refractivity contribution in [3.63, 3.8) is 0 Å². The zero-order chi connectivity index (χ0) is 23.8. The molecule has 1 aromatic heterocycles. The van der Waals surface area contributed by atoms with Crippen LogP contribution in [0.25, 0.3) is 11.4 Å². The van der Waals surface area contributed by atoms with Crippen LogP contribution in [0.1, 0.15) is 87.9 Å². The monoisotopic (exact) mass is 452 g/mol. The van der Waals surface area contributed by atoms with Gasteiger partial charge in [-0.05, 0) is 87.1 Å². The Morgan fingerprint density at radius 2 is 1.74 bits per heavy atom. The van der Waals surface area contributed by atoms with E-state index in [4.69, 9.17) is 4.98 Å². The molecule has 3 aromatic rings. The molecule has 0 bridgehead atoms. The number of nitrogens with zero attached hydrogens (tertiary/aromatic N) is 3. The molecule has 1 amide bonds. The van der Waals surface area contributed by atoms with Gasteiger partial charge in [-0.3, -0.25) is 4.79 Å². The summed E-state index contributed by atoms with van der Waals surface area (Å²) in [6.07, 6.45) is 5.44. The molecule has 2 heterocycles. The fourth-order valence-electron chi connectivity index (χ4n) is 5.42. The van der Waals surface area contributed by atoms with Crippen molar-refractivity contribution in [3.05, 3.63) is 75.6 Å². The van der Waals surface area contributed by atoms with Crippen molar-refractivity contribution in [1.29, 1.82) is 5.26 Å². The number of piperidine rings is 1. The van der Waals surface area contributed by atoms with E-state index in [1.54, 1.807) is 0 Å². The van der Waals surface area contributed by atoms with Gasteiger partial charge in [0.1, 0.15) is 5.82 Å². The second kappa shape index (κ2) is 9.10. The first-order valence-corrected chi connectivity index (χ1v) is 12.4. The van der Waals surface area contributed by atoms with Crippen LogP contribution in [0.3, 0.4) is 0 Å². The van der Waals surface area contributed by atoms with E-state index >= 15 is 0 Å². The summed E-state index contributed by atoms with van der Waals surface area (Å²) in [5.74, 6) is 1.86. The quantitative estimate of drug-likeness (QED) is 0.515. The summed E-state index contributed by atoms with van der Waals surface area (Å²) in [7, 11) is 0. The Labute approximate surface area is 201 Å². The molecule has 0 radical (unpaired) electrons. The minimum atomic E-state index is 0.103. The molecule has 174 valence electrons. The van der Waals surface area contributed by atoms with Gasteiger partial charge in [-0.1, -0.05) is 30.7 Å². The third-order valence-electron chi connectivity index (χ3n) is 7.86. The molecule has 1 saturated carbocycles. The van der Waals surface area contributed by atoms with Gasteiger partial charge in [-0.15, -0.1) is 0 Å². The smallest absolute Gasteiger partial charge is 0.254 e. The molecule has 2 aromatic carbocycles. The van der Waals surface area contributed by atoms with E-state index in [9.17, 15) is 10.1 Å². The minimum Gasteiger partial charge on any atom is -0.342 e. The number of likely N-dealkylation sites (tertiary alicyclic amines) is 1. The number of aromatic nitrogens is 2. The Balaban J connectivity index is 1.41. The molecule has 5 rings (SSSR count). The number of benzene rings is 2. The number of aromatic amines is 1. The lowest BCUT2D eigenvalue weighted by molar-refractivity contribution is 0.0712. The average Bonchev–Trinajstić information content (AvgIpc) is 3.15. The topological polar surface area (TPSA) is 72.8 Å². The van der Waals surface area contributed by atoms with Crippen LogP contribution in [0.2, 0.25) is 0 Å². The lowest BCUT2D eigenvalue weighted by atomic mass is 9.77. The first-order valence-electron chi connectivity index (χ1n) is 12.4. The molecule has 1 saturated heterocycles. The number of nitriles is 1. The highest BCUT2D eigenvalue weighted by molar-refractivity contribution is 5.97. The van der Waals surface area contributed by atoms with Gasteiger partial charge in [0.05, 0.1) is 17.3 Å². The van der Waals surface area contributed by atoms with Gasteiger partial charge in [0, 0.05) is 29.9 Å².